The summed E-state index contributed by atoms with van der Waals surface area (Å²) in [6.45, 7) is 1.81. The highest BCUT2D eigenvalue weighted by atomic mass is 16.3. The summed E-state index contributed by atoms with van der Waals surface area (Å²) in [7, 11) is 0. The average Bonchev–Trinajstić information content (AvgIpc) is 2.03. The number of pyridine rings is 1. The first-order chi connectivity index (χ1) is 6.18. The predicted octanol–water partition coefficient (Wildman–Crippen LogP) is 1.37. The number of nitrogen functional groups attached to an aromatic ring is 1. The van der Waals surface area contributed by atoms with Gasteiger partial charge in [-0.15, -0.1) is 0 Å². The molecule has 0 aliphatic heterocycles. The first kappa shape index (κ1) is 9.99. The van der Waals surface area contributed by atoms with Crippen LogP contribution in [0.1, 0.15) is 25.3 Å². The molecule has 0 radical (unpaired) electrons. The molecule has 0 spiro atoms. The Kier molecular flexibility index (Phi) is 3.71. The molecule has 0 aliphatic rings. The van der Waals surface area contributed by atoms with Crippen LogP contribution in [0.5, 0.6) is 0 Å². The Morgan fingerprint density at radius 3 is 3.00 bits per heavy atom. The molecular formula is C10H16N2O. The normalized spacial score (nSPS) is 12.8. The fourth-order valence-electron chi connectivity index (χ4n) is 1.25. The highest BCUT2D eigenvalue weighted by Gasteiger charge is 1.97. The Bertz CT molecular complexity index is 261. The third kappa shape index (κ3) is 3.90. The molecular weight excluding hydrogens is 164 g/mol. The molecule has 1 unspecified atom stereocenters. The van der Waals surface area contributed by atoms with Gasteiger partial charge in [0.2, 0.25) is 0 Å². The van der Waals surface area contributed by atoms with E-state index in [9.17, 15) is 0 Å². The van der Waals surface area contributed by atoms with Crippen LogP contribution in [0.25, 0.3) is 0 Å². The second-order valence-electron chi connectivity index (χ2n) is 3.33. The summed E-state index contributed by atoms with van der Waals surface area (Å²) in [5, 5.41) is 9.05. The van der Waals surface area contributed by atoms with Crippen molar-refractivity contribution in [3.05, 3.63) is 23.9 Å². The molecule has 0 fully saturated rings. The fraction of sp³-hybridized carbons (Fsp3) is 0.500. The minimum Gasteiger partial charge on any atom is -0.393 e. The highest BCUT2D eigenvalue weighted by Crippen LogP contribution is 2.08. The highest BCUT2D eigenvalue weighted by molar-refractivity contribution is 5.31. The Labute approximate surface area is 78.6 Å². The molecule has 0 amide bonds. The van der Waals surface area contributed by atoms with Crippen molar-refractivity contribution in [1.29, 1.82) is 0 Å². The lowest BCUT2D eigenvalue weighted by Crippen LogP contribution is -2.00. The summed E-state index contributed by atoms with van der Waals surface area (Å²) in [4.78, 5) is 3.91. The van der Waals surface area contributed by atoms with E-state index in [0.29, 0.717) is 5.82 Å². The van der Waals surface area contributed by atoms with E-state index < -0.39 is 0 Å². The lowest BCUT2D eigenvalue weighted by Gasteiger charge is -2.04. The van der Waals surface area contributed by atoms with E-state index in [1.54, 1.807) is 13.1 Å². The Hall–Kier alpha value is -1.09. The van der Waals surface area contributed by atoms with E-state index in [1.807, 2.05) is 12.1 Å². The number of nitrogens with two attached hydrogens (primary N) is 1. The van der Waals surface area contributed by atoms with Crippen molar-refractivity contribution < 1.29 is 5.11 Å². The Morgan fingerprint density at radius 2 is 2.38 bits per heavy atom. The predicted molar refractivity (Wildman–Crippen MR) is 53.3 cm³/mol. The van der Waals surface area contributed by atoms with E-state index in [2.05, 4.69) is 4.98 Å². The van der Waals surface area contributed by atoms with E-state index >= 15 is 0 Å². The van der Waals surface area contributed by atoms with E-state index in [4.69, 9.17) is 10.8 Å². The van der Waals surface area contributed by atoms with Crippen LogP contribution in [-0.2, 0) is 6.42 Å². The quantitative estimate of drug-likeness (QED) is 0.735. The molecule has 3 heteroatoms. The maximum atomic E-state index is 9.05. The molecule has 0 saturated carbocycles. The molecule has 72 valence electrons. The van der Waals surface area contributed by atoms with Crippen LogP contribution < -0.4 is 5.73 Å². The van der Waals surface area contributed by atoms with Crippen LogP contribution in [0, 0.1) is 0 Å². The van der Waals surface area contributed by atoms with Crippen LogP contribution >= 0.6 is 0 Å². The van der Waals surface area contributed by atoms with Crippen molar-refractivity contribution in [3.8, 4) is 0 Å². The molecule has 3 nitrogen and oxygen atoms in total. The molecule has 1 aromatic heterocycles. The van der Waals surface area contributed by atoms with Gasteiger partial charge < -0.3 is 10.8 Å². The van der Waals surface area contributed by atoms with Crippen molar-refractivity contribution in [2.45, 2.75) is 32.3 Å². The summed E-state index contributed by atoms with van der Waals surface area (Å²) >= 11 is 0. The molecule has 3 N–H and O–H groups in total. The summed E-state index contributed by atoms with van der Waals surface area (Å²) in [5.41, 5.74) is 6.72. The summed E-state index contributed by atoms with van der Waals surface area (Å²) in [6, 6.07) is 3.83. The van der Waals surface area contributed by atoms with Gasteiger partial charge in [-0.05, 0) is 43.9 Å². The number of aliphatic hydroxyl groups is 1. The summed E-state index contributed by atoms with van der Waals surface area (Å²) < 4.78 is 0. The van der Waals surface area contributed by atoms with E-state index in [0.717, 1.165) is 19.3 Å². The zero-order valence-electron chi connectivity index (χ0n) is 7.90. The van der Waals surface area contributed by atoms with Gasteiger partial charge in [0.1, 0.15) is 5.82 Å². The number of aromatic nitrogens is 1. The number of anilines is 1. The maximum Gasteiger partial charge on any atom is 0.123 e. The SMILES string of the molecule is CC(O)CCCc1ccnc(N)c1. The Morgan fingerprint density at radius 1 is 1.62 bits per heavy atom. The van der Waals surface area contributed by atoms with Crippen LogP contribution in [0.2, 0.25) is 0 Å². The van der Waals surface area contributed by atoms with Gasteiger partial charge in [-0.25, -0.2) is 4.98 Å². The smallest absolute Gasteiger partial charge is 0.123 e. The van der Waals surface area contributed by atoms with Gasteiger partial charge in [-0.1, -0.05) is 0 Å². The largest absolute Gasteiger partial charge is 0.393 e. The standard InChI is InChI=1S/C10H16N2O/c1-8(13)3-2-4-9-5-6-12-10(11)7-9/h5-8,13H,2-4H2,1H3,(H2,11,12). The van der Waals surface area contributed by atoms with Gasteiger partial charge in [0, 0.05) is 6.20 Å². The van der Waals surface area contributed by atoms with Crippen molar-refractivity contribution >= 4 is 5.82 Å². The Balaban J connectivity index is 2.37. The molecule has 1 aromatic rings. The number of nitrogens with zero attached hydrogens (tertiary/aromatic N) is 1. The zero-order chi connectivity index (χ0) is 9.68. The topological polar surface area (TPSA) is 59.1 Å². The van der Waals surface area contributed by atoms with Crippen molar-refractivity contribution in [2.24, 2.45) is 0 Å². The zero-order valence-corrected chi connectivity index (χ0v) is 7.90. The monoisotopic (exact) mass is 180 g/mol. The first-order valence-corrected chi connectivity index (χ1v) is 4.57. The summed E-state index contributed by atoms with van der Waals surface area (Å²) in [5.74, 6) is 0.564. The van der Waals surface area contributed by atoms with Gasteiger partial charge in [-0.3, -0.25) is 0 Å². The molecule has 13 heavy (non-hydrogen) atoms. The van der Waals surface area contributed by atoms with Crippen LogP contribution in [-0.4, -0.2) is 16.2 Å². The van der Waals surface area contributed by atoms with E-state index in [-0.39, 0.29) is 6.10 Å². The third-order valence-electron chi connectivity index (χ3n) is 1.93. The number of hydrogen-bond donors (Lipinski definition) is 2. The van der Waals surface area contributed by atoms with Crippen LogP contribution in [0.4, 0.5) is 5.82 Å². The summed E-state index contributed by atoms with van der Waals surface area (Å²) in [6.07, 6.45) is 4.28. The lowest BCUT2D eigenvalue weighted by molar-refractivity contribution is 0.182. The van der Waals surface area contributed by atoms with Crippen molar-refractivity contribution in [3.63, 3.8) is 0 Å². The molecule has 0 saturated heterocycles. The second-order valence-corrected chi connectivity index (χ2v) is 3.33. The average molecular weight is 180 g/mol. The fourth-order valence-corrected chi connectivity index (χ4v) is 1.25. The molecule has 0 aromatic carbocycles. The molecule has 0 aliphatic carbocycles. The van der Waals surface area contributed by atoms with Gasteiger partial charge in [0.15, 0.2) is 0 Å². The first-order valence-electron chi connectivity index (χ1n) is 4.57. The number of aryl methyl sites for hydroxylation is 1. The number of rotatable bonds is 4. The number of hydrogen-bond acceptors (Lipinski definition) is 3. The second kappa shape index (κ2) is 4.82. The minimum atomic E-state index is -0.209. The lowest BCUT2D eigenvalue weighted by atomic mass is 10.1. The number of aliphatic hydroxyl groups excluding tert-OH is 1. The van der Waals surface area contributed by atoms with Crippen LogP contribution in [0.15, 0.2) is 18.3 Å². The molecule has 1 atom stereocenters. The third-order valence-corrected chi connectivity index (χ3v) is 1.93. The van der Waals surface area contributed by atoms with Crippen LogP contribution in [0.3, 0.4) is 0 Å². The van der Waals surface area contributed by atoms with Crippen molar-refractivity contribution in [2.75, 3.05) is 5.73 Å². The minimum absolute atomic E-state index is 0.209. The van der Waals surface area contributed by atoms with Crippen molar-refractivity contribution in [1.82, 2.24) is 4.98 Å². The molecule has 1 heterocycles. The maximum absolute atomic E-state index is 9.05. The van der Waals surface area contributed by atoms with Gasteiger partial charge in [0.25, 0.3) is 0 Å². The molecule has 1 rings (SSSR count). The van der Waals surface area contributed by atoms with E-state index in [1.165, 1.54) is 5.56 Å². The van der Waals surface area contributed by atoms with Gasteiger partial charge >= 0.3 is 0 Å². The van der Waals surface area contributed by atoms with Gasteiger partial charge in [-0.2, -0.15) is 0 Å². The van der Waals surface area contributed by atoms with Gasteiger partial charge in [0.05, 0.1) is 6.10 Å². The molecule has 0 bridgehead atoms.